The van der Waals surface area contributed by atoms with Crippen molar-refractivity contribution in [1.29, 1.82) is 0 Å². The van der Waals surface area contributed by atoms with Crippen molar-refractivity contribution in [2.24, 2.45) is 11.8 Å². The first-order chi connectivity index (χ1) is 9.36. The minimum atomic E-state index is -0.963. The lowest BCUT2D eigenvalue weighted by Gasteiger charge is -2.36. The van der Waals surface area contributed by atoms with Gasteiger partial charge in [0.25, 0.3) is 0 Å². The topological polar surface area (TPSA) is 81.1 Å². The molecule has 2 aliphatic heterocycles. The third-order valence-corrected chi connectivity index (χ3v) is 4.23. The monoisotopic (exact) mass is 284 g/mol. The average molecular weight is 284 g/mol. The number of aliphatic carboxylic acids is 1. The zero-order chi connectivity index (χ0) is 14.9. The van der Waals surface area contributed by atoms with Crippen LogP contribution in [-0.4, -0.2) is 70.2 Å². The Kier molecular flexibility index (Phi) is 4.65. The Balaban J connectivity index is 1.95. The van der Waals surface area contributed by atoms with Gasteiger partial charge < -0.3 is 15.1 Å². The van der Waals surface area contributed by atoms with E-state index < -0.39 is 18.1 Å². The second-order valence-electron chi connectivity index (χ2n) is 6.42. The quantitative estimate of drug-likeness (QED) is 0.763. The molecule has 0 saturated carbocycles. The van der Waals surface area contributed by atoms with Crippen LogP contribution in [0.3, 0.4) is 0 Å². The van der Waals surface area contributed by atoms with Gasteiger partial charge in [-0.25, -0.2) is 0 Å². The number of carbonyl (C=O) groups excluding carboxylic acids is 1. The molecule has 1 amide bonds. The number of nitrogens with zero attached hydrogens (tertiary/aromatic N) is 2. The number of carboxylic acids is 1. The molecule has 0 aromatic carbocycles. The summed E-state index contributed by atoms with van der Waals surface area (Å²) in [5.41, 5.74) is 0. The van der Waals surface area contributed by atoms with E-state index in [0.717, 1.165) is 19.5 Å². The van der Waals surface area contributed by atoms with Crippen LogP contribution in [0, 0.1) is 11.8 Å². The van der Waals surface area contributed by atoms with E-state index in [0.29, 0.717) is 11.8 Å². The fourth-order valence-electron chi connectivity index (χ4n) is 3.45. The van der Waals surface area contributed by atoms with Gasteiger partial charge in [0.05, 0.1) is 12.6 Å². The van der Waals surface area contributed by atoms with Crippen molar-refractivity contribution >= 4 is 11.9 Å². The van der Waals surface area contributed by atoms with Crippen LogP contribution in [0.2, 0.25) is 0 Å². The smallest absolute Gasteiger partial charge is 0.321 e. The summed E-state index contributed by atoms with van der Waals surface area (Å²) >= 11 is 0. The van der Waals surface area contributed by atoms with E-state index in [-0.39, 0.29) is 25.4 Å². The van der Waals surface area contributed by atoms with Crippen molar-refractivity contribution in [2.45, 2.75) is 38.8 Å². The fourth-order valence-corrected chi connectivity index (χ4v) is 3.45. The Morgan fingerprint density at radius 3 is 2.25 bits per heavy atom. The second-order valence-corrected chi connectivity index (χ2v) is 6.42. The van der Waals surface area contributed by atoms with Crippen LogP contribution >= 0.6 is 0 Å². The molecule has 4 unspecified atom stereocenters. The molecule has 6 nitrogen and oxygen atoms in total. The van der Waals surface area contributed by atoms with Gasteiger partial charge in [0.2, 0.25) is 5.91 Å². The van der Waals surface area contributed by atoms with Crippen LogP contribution in [0.4, 0.5) is 0 Å². The summed E-state index contributed by atoms with van der Waals surface area (Å²) < 4.78 is 0. The highest BCUT2D eigenvalue weighted by Gasteiger charge is 2.38. The highest BCUT2D eigenvalue weighted by atomic mass is 16.4. The molecule has 2 heterocycles. The molecule has 2 aliphatic rings. The van der Waals surface area contributed by atoms with Crippen molar-refractivity contribution in [2.75, 3.05) is 26.2 Å². The molecule has 2 fully saturated rings. The van der Waals surface area contributed by atoms with Crippen molar-refractivity contribution < 1.29 is 19.8 Å². The van der Waals surface area contributed by atoms with E-state index in [1.165, 1.54) is 0 Å². The van der Waals surface area contributed by atoms with Gasteiger partial charge in [-0.1, -0.05) is 13.8 Å². The molecule has 0 aromatic heterocycles. The van der Waals surface area contributed by atoms with Crippen molar-refractivity contribution in [1.82, 2.24) is 9.80 Å². The first-order valence-electron chi connectivity index (χ1n) is 7.29. The Morgan fingerprint density at radius 1 is 1.10 bits per heavy atom. The van der Waals surface area contributed by atoms with Crippen molar-refractivity contribution in [3.8, 4) is 0 Å². The van der Waals surface area contributed by atoms with Crippen LogP contribution in [-0.2, 0) is 9.59 Å². The highest BCUT2D eigenvalue weighted by Crippen LogP contribution is 2.22. The lowest BCUT2D eigenvalue weighted by molar-refractivity contribution is -0.144. The van der Waals surface area contributed by atoms with Gasteiger partial charge in [0.15, 0.2) is 0 Å². The second kappa shape index (κ2) is 6.10. The maximum Gasteiger partial charge on any atom is 0.321 e. The third kappa shape index (κ3) is 3.49. The van der Waals surface area contributed by atoms with Gasteiger partial charge in [-0.3, -0.25) is 14.5 Å². The maximum atomic E-state index is 12.3. The number of β-amino-alcohol motifs (C(OH)–C–C–N with tert-alkyl or cyclic N) is 1. The zero-order valence-electron chi connectivity index (χ0n) is 12.2. The first kappa shape index (κ1) is 15.3. The molecule has 4 atom stereocenters. The van der Waals surface area contributed by atoms with Crippen LogP contribution < -0.4 is 0 Å². The average Bonchev–Trinajstić information content (AvgIpc) is 2.69. The summed E-state index contributed by atoms with van der Waals surface area (Å²) in [5, 5.41) is 18.7. The van der Waals surface area contributed by atoms with Gasteiger partial charge in [-0.05, 0) is 18.3 Å². The van der Waals surface area contributed by atoms with E-state index in [9.17, 15) is 14.7 Å². The van der Waals surface area contributed by atoms with E-state index >= 15 is 0 Å². The first-order valence-corrected chi connectivity index (χ1v) is 7.29. The lowest BCUT2D eigenvalue weighted by atomic mass is 9.92. The molecular weight excluding hydrogens is 260 g/mol. The Hall–Kier alpha value is -1.14. The minimum Gasteiger partial charge on any atom is -0.480 e. The standard InChI is InChI=1S/C14H24N2O4/c1-9-3-10(2)6-16(5-9)13(18)8-15-7-11(17)4-12(15)14(19)20/h9-12,17H,3-8H2,1-2H3,(H,19,20). The summed E-state index contributed by atoms with van der Waals surface area (Å²) in [7, 11) is 0. The number of aliphatic hydroxyl groups excluding tert-OH is 1. The Labute approximate surface area is 119 Å². The number of hydrogen-bond donors (Lipinski definition) is 2. The highest BCUT2D eigenvalue weighted by molar-refractivity contribution is 5.80. The number of carbonyl (C=O) groups is 2. The SMILES string of the molecule is CC1CC(C)CN(C(=O)CN2CC(O)CC2C(=O)O)C1. The van der Waals surface area contributed by atoms with Gasteiger partial charge in [0, 0.05) is 26.1 Å². The zero-order valence-corrected chi connectivity index (χ0v) is 12.2. The fraction of sp³-hybridized carbons (Fsp3) is 0.857. The molecule has 6 heteroatoms. The Morgan fingerprint density at radius 2 is 1.70 bits per heavy atom. The molecular formula is C14H24N2O4. The molecule has 2 saturated heterocycles. The van der Waals surface area contributed by atoms with Crippen LogP contribution in [0.25, 0.3) is 0 Å². The minimum absolute atomic E-state index is 0.0243. The summed E-state index contributed by atoms with van der Waals surface area (Å²) in [6.07, 6.45) is 0.683. The van der Waals surface area contributed by atoms with Crippen molar-refractivity contribution in [3.63, 3.8) is 0 Å². The summed E-state index contributed by atoms with van der Waals surface area (Å²) in [6, 6.07) is -0.742. The molecule has 0 spiro atoms. The molecule has 0 aromatic rings. The predicted molar refractivity (Wildman–Crippen MR) is 73.1 cm³/mol. The molecule has 20 heavy (non-hydrogen) atoms. The van der Waals surface area contributed by atoms with E-state index in [2.05, 4.69) is 13.8 Å². The number of aliphatic hydroxyl groups is 1. The van der Waals surface area contributed by atoms with Crippen molar-refractivity contribution in [3.05, 3.63) is 0 Å². The van der Waals surface area contributed by atoms with Gasteiger partial charge in [-0.15, -0.1) is 0 Å². The number of amides is 1. The van der Waals surface area contributed by atoms with Crippen LogP contribution in [0.5, 0.6) is 0 Å². The molecule has 0 bridgehead atoms. The number of piperidine rings is 1. The number of likely N-dealkylation sites (tertiary alicyclic amines) is 2. The molecule has 2 N–H and O–H groups in total. The van der Waals surface area contributed by atoms with Gasteiger partial charge in [-0.2, -0.15) is 0 Å². The number of carboxylic acid groups (broad SMARTS) is 1. The molecule has 114 valence electrons. The Bertz CT molecular complexity index is 377. The van der Waals surface area contributed by atoms with Gasteiger partial charge in [0.1, 0.15) is 6.04 Å². The number of rotatable bonds is 3. The molecule has 0 radical (unpaired) electrons. The molecule has 2 rings (SSSR count). The van der Waals surface area contributed by atoms with Gasteiger partial charge >= 0.3 is 5.97 Å². The normalized spacial score (nSPS) is 35.2. The lowest BCUT2D eigenvalue weighted by Crippen LogP contribution is -2.49. The van der Waals surface area contributed by atoms with Crippen LogP contribution in [0.1, 0.15) is 26.7 Å². The summed E-state index contributed by atoms with van der Waals surface area (Å²) in [4.78, 5) is 26.9. The van der Waals surface area contributed by atoms with E-state index in [1.54, 1.807) is 4.90 Å². The van der Waals surface area contributed by atoms with E-state index in [1.807, 2.05) is 4.90 Å². The largest absolute Gasteiger partial charge is 0.480 e. The molecule has 0 aliphatic carbocycles. The van der Waals surface area contributed by atoms with Crippen LogP contribution in [0.15, 0.2) is 0 Å². The summed E-state index contributed by atoms with van der Waals surface area (Å²) in [6.45, 7) is 6.12. The number of hydrogen-bond acceptors (Lipinski definition) is 4. The summed E-state index contributed by atoms with van der Waals surface area (Å²) in [5.74, 6) is -0.0113. The maximum absolute atomic E-state index is 12.3. The third-order valence-electron chi connectivity index (χ3n) is 4.23. The predicted octanol–water partition coefficient (Wildman–Crippen LogP) is 0.0107. The van der Waals surface area contributed by atoms with E-state index in [4.69, 9.17) is 5.11 Å².